The molecule has 1 aliphatic heterocycles. The Labute approximate surface area is 134 Å². The molecule has 0 bridgehead atoms. The zero-order chi connectivity index (χ0) is 16.2. The molecule has 1 saturated heterocycles. The summed E-state index contributed by atoms with van der Waals surface area (Å²) in [6.45, 7) is 8.30. The third kappa shape index (κ3) is 4.33. The summed E-state index contributed by atoms with van der Waals surface area (Å²) < 4.78 is 0. The van der Waals surface area contributed by atoms with Crippen molar-refractivity contribution in [3.05, 3.63) is 35.9 Å². The molecule has 0 aromatic heterocycles. The number of hydrogen-bond donors (Lipinski definition) is 1. The van der Waals surface area contributed by atoms with Crippen molar-refractivity contribution in [1.29, 1.82) is 0 Å². The van der Waals surface area contributed by atoms with E-state index in [9.17, 15) is 9.90 Å². The van der Waals surface area contributed by atoms with Crippen molar-refractivity contribution in [3.8, 4) is 0 Å². The quantitative estimate of drug-likeness (QED) is 0.925. The van der Waals surface area contributed by atoms with Gasteiger partial charge in [0.1, 0.15) is 0 Å². The summed E-state index contributed by atoms with van der Waals surface area (Å²) >= 11 is 0. The summed E-state index contributed by atoms with van der Waals surface area (Å²) in [5.41, 5.74) is 1.36. The minimum absolute atomic E-state index is 0.0105. The Hall–Kier alpha value is -1.35. The summed E-state index contributed by atoms with van der Waals surface area (Å²) in [7, 11) is 0. The van der Waals surface area contributed by atoms with Gasteiger partial charge in [0.15, 0.2) is 0 Å². The van der Waals surface area contributed by atoms with Gasteiger partial charge in [-0.25, -0.2) is 0 Å². The highest BCUT2D eigenvalue weighted by molar-refractivity contribution is 5.76. The first kappa shape index (κ1) is 17.0. The number of carbonyl (C=O) groups is 1. The predicted octanol–water partition coefficient (Wildman–Crippen LogP) is 3.44. The van der Waals surface area contributed by atoms with Crippen molar-refractivity contribution < 1.29 is 9.90 Å². The highest BCUT2D eigenvalue weighted by Crippen LogP contribution is 2.35. The molecule has 1 aromatic carbocycles. The van der Waals surface area contributed by atoms with Gasteiger partial charge in [-0.1, -0.05) is 51.1 Å². The number of likely N-dealkylation sites (tertiary alicyclic amines) is 1. The summed E-state index contributed by atoms with van der Waals surface area (Å²) in [5.74, 6) is 0.836. The molecule has 1 aliphatic rings. The van der Waals surface area contributed by atoms with Gasteiger partial charge in [0.25, 0.3) is 0 Å². The third-order valence-electron chi connectivity index (χ3n) is 4.96. The van der Waals surface area contributed by atoms with Crippen molar-refractivity contribution in [2.75, 3.05) is 19.7 Å². The number of rotatable bonds is 4. The monoisotopic (exact) mass is 303 g/mol. The lowest BCUT2D eigenvalue weighted by molar-refractivity contribution is -0.131. The van der Waals surface area contributed by atoms with Crippen LogP contribution in [0.5, 0.6) is 0 Å². The minimum Gasteiger partial charge on any atom is -0.396 e. The maximum Gasteiger partial charge on any atom is 0.222 e. The molecule has 3 heteroatoms. The Morgan fingerprint density at radius 2 is 1.91 bits per heavy atom. The number of benzene rings is 1. The van der Waals surface area contributed by atoms with E-state index in [-0.39, 0.29) is 23.8 Å². The SMILES string of the molecule is CC(C)(C)[C@@H]1CCC(=O)N(C[C@H](CO)c2ccccc2)CC1. The van der Waals surface area contributed by atoms with Gasteiger partial charge in [-0.3, -0.25) is 4.79 Å². The van der Waals surface area contributed by atoms with Crippen LogP contribution in [0.1, 0.15) is 51.5 Å². The summed E-state index contributed by atoms with van der Waals surface area (Å²) in [6, 6.07) is 10.0. The lowest BCUT2D eigenvalue weighted by Gasteiger charge is -2.30. The molecule has 0 saturated carbocycles. The second kappa shape index (κ2) is 7.28. The summed E-state index contributed by atoms with van der Waals surface area (Å²) in [4.78, 5) is 14.4. The molecule has 0 radical (unpaired) electrons. The number of nitrogens with zero attached hydrogens (tertiary/aromatic N) is 1. The number of carbonyl (C=O) groups excluding carboxylic acids is 1. The van der Waals surface area contributed by atoms with E-state index in [1.165, 1.54) is 0 Å². The third-order valence-corrected chi connectivity index (χ3v) is 4.96. The molecule has 0 aliphatic carbocycles. The fourth-order valence-electron chi connectivity index (χ4n) is 3.36. The predicted molar refractivity (Wildman–Crippen MR) is 89.6 cm³/mol. The van der Waals surface area contributed by atoms with E-state index in [4.69, 9.17) is 0 Å². The number of aliphatic hydroxyl groups excluding tert-OH is 1. The van der Waals surface area contributed by atoms with E-state index in [2.05, 4.69) is 20.8 Å². The molecule has 1 aromatic rings. The fraction of sp³-hybridized carbons (Fsp3) is 0.632. The van der Waals surface area contributed by atoms with E-state index in [0.29, 0.717) is 18.9 Å². The van der Waals surface area contributed by atoms with Crippen LogP contribution in [0, 0.1) is 11.3 Å². The first-order valence-electron chi connectivity index (χ1n) is 8.35. The van der Waals surface area contributed by atoms with Crippen molar-refractivity contribution in [3.63, 3.8) is 0 Å². The smallest absolute Gasteiger partial charge is 0.222 e. The van der Waals surface area contributed by atoms with Gasteiger partial charge in [0.2, 0.25) is 5.91 Å². The molecule has 122 valence electrons. The van der Waals surface area contributed by atoms with E-state index >= 15 is 0 Å². The zero-order valence-corrected chi connectivity index (χ0v) is 14.1. The lowest BCUT2D eigenvalue weighted by Crippen LogP contribution is -2.35. The van der Waals surface area contributed by atoms with Crippen molar-refractivity contribution in [2.45, 2.75) is 46.0 Å². The average Bonchev–Trinajstić information content (AvgIpc) is 2.67. The molecular weight excluding hydrogens is 274 g/mol. The molecule has 1 fully saturated rings. The number of aliphatic hydroxyl groups is 1. The lowest BCUT2D eigenvalue weighted by atomic mass is 9.77. The molecule has 1 N–H and O–H groups in total. The molecule has 3 nitrogen and oxygen atoms in total. The van der Waals surface area contributed by atoms with Gasteiger partial charge in [-0.2, -0.15) is 0 Å². The van der Waals surface area contributed by atoms with Crippen molar-refractivity contribution in [2.24, 2.45) is 11.3 Å². The van der Waals surface area contributed by atoms with Crippen LogP contribution >= 0.6 is 0 Å². The van der Waals surface area contributed by atoms with Crippen LogP contribution in [0.2, 0.25) is 0 Å². The van der Waals surface area contributed by atoms with E-state index in [0.717, 1.165) is 24.9 Å². The Balaban J connectivity index is 2.03. The highest BCUT2D eigenvalue weighted by Gasteiger charge is 2.30. The van der Waals surface area contributed by atoms with Gasteiger partial charge >= 0.3 is 0 Å². The largest absolute Gasteiger partial charge is 0.396 e. The number of hydrogen-bond acceptors (Lipinski definition) is 2. The van der Waals surface area contributed by atoms with Gasteiger partial charge in [-0.05, 0) is 29.7 Å². The van der Waals surface area contributed by atoms with Crippen LogP contribution in [0.25, 0.3) is 0 Å². The molecule has 2 rings (SSSR count). The molecule has 1 heterocycles. The Kier molecular flexibility index (Phi) is 5.63. The van der Waals surface area contributed by atoms with Crippen molar-refractivity contribution in [1.82, 2.24) is 4.90 Å². The maximum atomic E-state index is 12.4. The second-order valence-corrected chi connectivity index (χ2v) is 7.52. The van der Waals surface area contributed by atoms with Gasteiger partial charge in [0.05, 0.1) is 6.61 Å². The highest BCUT2D eigenvalue weighted by atomic mass is 16.3. The Morgan fingerprint density at radius 3 is 2.50 bits per heavy atom. The average molecular weight is 303 g/mol. The summed E-state index contributed by atoms with van der Waals surface area (Å²) in [6.07, 6.45) is 2.67. The second-order valence-electron chi connectivity index (χ2n) is 7.52. The molecule has 0 spiro atoms. The van der Waals surface area contributed by atoms with Crippen LogP contribution in [0.3, 0.4) is 0 Å². The number of amides is 1. The molecule has 22 heavy (non-hydrogen) atoms. The maximum absolute atomic E-state index is 12.4. The van der Waals surface area contributed by atoms with Crippen LogP contribution in [-0.2, 0) is 4.79 Å². The molecule has 1 amide bonds. The van der Waals surface area contributed by atoms with E-state index in [1.54, 1.807) is 0 Å². The van der Waals surface area contributed by atoms with Gasteiger partial charge in [-0.15, -0.1) is 0 Å². The van der Waals surface area contributed by atoms with Gasteiger partial charge in [0, 0.05) is 25.4 Å². The van der Waals surface area contributed by atoms with Crippen LogP contribution in [0.4, 0.5) is 0 Å². The summed E-state index contributed by atoms with van der Waals surface area (Å²) in [5, 5.41) is 9.71. The van der Waals surface area contributed by atoms with Crippen LogP contribution in [0.15, 0.2) is 30.3 Å². The standard InChI is InChI=1S/C19H29NO2/c1-19(2,3)17-9-10-18(22)20(12-11-17)13-16(14-21)15-7-5-4-6-8-15/h4-8,16-17,21H,9-14H2,1-3H3/t16-,17-/m1/s1. The molecular formula is C19H29NO2. The Morgan fingerprint density at radius 1 is 1.23 bits per heavy atom. The topological polar surface area (TPSA) is 40.5 Å². The van der Waals surface area contributed by atoms with E-state index in [1.807, 2.05) is 35.2 Å². The molecule has 0 unspecified atom stereocenters. The normalized spacial score (nSPS) is 21.5. The Bertz CT molecular complexity index is 478. The fourth-order valence-corrected chi connectivity index (χ4v) is 3.36. The van der Waals surface area contributed by atoms with Crippen LogP contribution < -0.4 is 0 Å². The van der Waals surface area contributed by atoms with E-state index < -0.39 is 0 Å². The zero-order valence-electron chi connectivity index (χ0n) is 14.1. The first-order valence-corrected chi connectivity index (χ1v) is 8.35. The van der Waals surface area contributed by atoms with Crippen LogP contribution in [-0.4, -0.2) is 35.6 Å². The van der Waals surface area contributed by atoms with Gasteiger partial charge < -0.3 is 10.0 Å². The molecule has 2 atom stereocenters. The first-order chi connectivity index (χ1) is 10.4. The van der Waals surface area contributed by atoms with Crippen molar-refractivity contribution >= 4 is 5.91 Å². The minimum atomic E-state index is 0.0105.